The van der Waals surface area contributed by atoms with Crippen LogP contribution in [0.25, 0.3) is 0 Å². The molecule has 4 atom stereocenters. The first-order valence-electron chi connectivity index (χ1n) is 5.09. The van der Waals surface area contributed by atoms with Crippen molar-refractivity contribution in [2.75, 3.05) is 12.3 Å². The molecule has 0 spiro atoms. The maximum absolute atomic E-state index is 11.6. The van der Waals surface area contributed by atoms with E-state index in [1.807, 2.05) is 0 Å². The standard InChI is InChI=1S/C9H14N4O4/c10-5-1-2-13(9(16)12-5)8-7(15)6(11)4(3-14)17-8/h1-2,4,6-8,14-15H,3,11H2,(H2,10,12,16). The lowest BCUT2D eigenvalue weighted by Crippen LogP contribution is -2.42. The number of aromatic nitrogens is 2. The van der Waals surface area contributed by atoms with Crippen molar-refractivity contribution in [3.8, 4) is 0 Å². The molecule has 0 amide bonds. The molecule has 0 aliphatic carbocycles. The zero-order valence-corrected chi connectivity index (χ0v) is 8.93. The van der Waals surface area contributed by atoms with E-state index in [-0.39, 0.29) is 12.4 Å². The lowest BCUT2D eigenvalue weighted by atomic mass is 10.1. The Balaban J connectivity index is 2.32. The van der Waals surface area contributed by atoms with Gasteiger partial charge >= 0.3 is 5.69 Å². The number of hydrogen-bond acceptors (Lipinski definition) is 7. The van der Waals surface area contributed by atoms with E-state index in [0.29, 0.717) is 0 Å². The Bertz CT molecular complexity index is 463. The van der Waals surface area contributed by atoms with Crippen molar-refractivity contribution in [2.24, 2.45) is 5.73 Å². The fourth-order valence-corrected chi connectivity index (χ4v) is 1.77. The van der Waals surface area contributed by atoms with Gasteiger partial charge in [-0.15, -0.1) is 0 Å². The van der Waals surface area contributed by atoms with Crippen LogP contribution in [0.15, 0.2) is 17.1 Å². The number of hydrogen-bond donors (Lipinski definition) is 4. The predicted molar refractivity (Wildman–Crippen MR) is 57.9 cm³/mol. The Hall–Kier alpha value is -1.48. The number of aliphatic hydroxyl groups is 2. The van der Waals surface area contributed by atoms with Crippen molar-refractivity contribution in [1.29, 1.82) is 0 Å². The largest absolute Gasteiger partial charge is 0.394 e. The Labute approximate surface area is 96.4 Å². The maximum Gasteiger partial charge on any atom is 0.351 e. The number of nitrogens with two attached hydrogens (primary N) is 2. The van der Waals surface area contributed by atoms with Gasteiger partial charge < -0.3 is 26.4 Å². The van der Waals surface area contributed by atoms with Crippen LogP contribution in [-0.2, 0) is 4.74 Å². The Morgan fingerprint density at radius 3 is 2.82 bits per heavy atom. The van der Waals surface area contributed by atoms with Gasteiger partial charge in [-0.2, -0.15) is 4.98 Å². The third-order valence-corrected chi connectivity index (χ3v) is 2.74. The number of nitrogen functional groups attached to an aromatic ring is 1. The van der Waals surface area contributed by atoms with Crippen LogP contribution in [0, 0.1) is 0 Å². The quantitative estimate of drug-likeness (QED) is 0.446. The summed E-state index contributed by atoms with van der Waals surface area (Å²) in [6, 6.07) is 0.657. The number of aliphatic hydroxyl groups excluding tert-OH is 2. The minimum Gasteiger partial charge on any atom is -0.394 e. The molecule has 4 unspecified atom stereocenters. The summed E-state index contributed by atoms with van der Waals surface area (Å²) >= 11 is 0. The summed E-state index contributed by atoms with van der Waals surface area (Å²) in [7, 11) is 0. The molecule has 0 aromatic carbocycles. The summed E-state index contributed by atoms with van der Waals surface area (Å²) < 4.78 is 6.39. The minimum absolute atomic E-state index is 0.0849. The Morgan fingerprint density at radius 1 is 1.59 bits per heavy atom. The van der Waals surface area contributed by atoms with Gasteiger partial charge in [-0.1, -0.05) is 0 Å². The third kappa shape index (κ3) is 2.03. The van der Waals surface area contributed by atoms with Crippen LogP contribution in [0.4, 0.5) is 5.82 Å². The van der Waals surface area contributed by atoms with Gasteiger partial charge in [0.25, 0.3) is 0 Å². The zero-order valence-electron chi connectivity index (χ0n) is 8.93. The van der Waals surface area contributed by atoms with Gasteiger partial charge in [-0.3, -0.25) is 4.57 Å². The van der Waals surface area contributed by atoms with Crippen molar-refractivity contribution < 1.29 is 14.9 Å². The second-order valence-corrected chi connectivity index (χ2v) is 3.86. The van der Waals surface area contributed by atoms with Gasteiger partial charge in [0.1, 0.15) is 18.0 Å². The van der Waals surface area contributed by atoms with Crippen LogP contribution in [-0.4, -0.2) is 44.6 Å². The average molecular weight is 242 g/mol. The van der Waals surface area contributed by atoms with E-state index in [2.05, 4.69) is 4.98 Å². The lowest BCUT2D eigenvalue weighted by molar-refractivity contribution is -0.0531. The van der Waals surface area contributed by atoms with Crippen molar-refractivity contribution in [3.63, 3.8) is 0 Å². The highest BCUT2D eigenvalue weighted by Crippen LogP contribution is 2.26. The van der Waals surface area contributed by atoms with Crippen molar-refractivity contribution in [2.45, 2.75) is 24.5 Å². The fourth-order valence-electron chi connectivity index (χ4n) is 1.77. The molecule has 2 heterocycles. The molecule has 2 rings (SSSR count). The molecular formula is C9H14N4O4. The molecule has 8 nitrogen and oxygen atoms in total. The van der Waals surface area contributed by atoms with Crippen LogP contribution in [0.1, 0.15) is 6.23 Å². The highest BCUT2D eigenvalue weighted by Gasteiger charge is 2.42. The average Bonchev–Trinajstić information content (AvgIpc) is 2.57. The first-order chi connectivity index (χ1) is 8.04. The van der Waals surface area contributed by atoms with Gasteiger partial charge in [-0.25, -0.2) is 4.79 Å². The van der Waals surface area contributed by atoms with Crippen molar-refractivity contribution in [1.82, 2.24) is 9.55 Å². The lowest BCUT2D eigenvalue weighted by Gasteiger charge is -2.17. The van der Waals surface area contributed by atoms with E-state index >= 15 is 0 Å². The second kappa shape index (κ2) is 4.41. The highest BCUT2D eigenvalue weighted by atomic mass is 16.5. The smallest absolute Gasteiger partial charge is 0.351 e. The highest BCUT2D eigenvalue weighted by molar-refractivity contribution is 5.23. The summed E-state index contributed by atoms with van der Waals surface area (Å²) in [5.74, 6) is 0.0849. The second-order valence-electron chi connectivity index (χ2n) is 3.86. The monoisotopic (exact) mass is 242 g/mol. The van der Waals surface area contributed by atoms with E-state index in [1.165, 1.54) is 12.3 Å². The van der Waals surface area contributed by atoms with Gasteiger partial charge in [0.2, 0.25) is 0 Å². The zero-order chi connectivity index (χ0) is 12.6. The topological polar surface area (TPSA) is 137 Å². The number of ether oxygens (including phenoxy) is 1. The van der Waals surface area contributed by atoms with E-state index in [0.717, 1.165) is 4.57 Å². The van der Waals surface area contributed by atoms with Gasteiger partial charge in [0.05, 0.1) is 12.6 Å². The van der Waals surface area contributed by atoms with Crippen molar-refractivity contribution in [3.05, 3.63) is 22.7 Å². The van der Waals surface area contributed by atoms with Crippen LogP contribution in [0.2, 0.25) is 0 Å². The summed E-state index contributed by atoms with van der Waals surface area (Å²) in [6.45, 7) is -0.328. The van der Waals surface area contributed by atoms with Crippen LogP contribution in [0.5, 0.6) is 0 Å². The molecule has 0 saturated carbocycles. The van der Waals surface area contributed by atoms with E-state index in [9.17, 15) is 9.90 Å². The molecule has 1 aromatic heterocycles. The molecule has 1 aliphatic heterocycles. The van der Waals surface area contributed by atoms with Gasteiger partial charge in [0, 0.05) is 6.20 Å². The normalized spacial score (nSPS) is 32.9. The summed E-state index contributed by atoms with van der Waals surface area (Å²) in [6.07, 6.45) is -1.39. The predicted octanol–water partition coefficient (Wildman–Crippen LogP) is -2.60. The minimum atomic E-state index is -1.09. The SMILES string of the molecule is Nc1ccn(C2OC(CO)C(N)C2O)c(=O)n1. The molecule has 1 aromatic rings. The molecule has 6 N–H and O–H groups in total. The van der Waals surface area contributed by atoms with Crippen LogP contribution < -0.4 is 17.2 Å². The van der Waals surface area contributed by atoms with Crippen molar-refractivity contribution >= 4 is 5.82 Å². The molecule has 1 saturated heterocycles. The van der Waals surface area contributed by atoms with Gasteiger partial charge in [0.15, 0.2) is 6.23 Å². The maximum atomic E-state index is 11.6. The molecule has 17 heavy (non-hydrogen) atoms. The molecule has 1 fully saturated rings. The number of nitrogens with zero attached hydrogens (tertiary/aromatic N) is 2. The molecule has 0 radical (unpaired) electrons. The molecule has 1 aliphatic rings. The van der Waals surface area contributed by atoms with E-state index in [1.54, 1.807) is 0 Å². The number of rotatable bonds is 2. The molecular weight excluding hydrogens is 228 g/mol. The van der Waals surface area contributed by atoms with Crippen LogP contribution in [0.3, 0.4) is 0 Å². The summed E-state index contributed by atoms with van der Waals surface area (Å²) in [4.78, 5) is 15.1. The molecule has 8 heteroatoms. The molecule has 94 valence electrons. The van der Waals surface area contributed by atoms with Crippen LogP contribution >= 0.6 is 0 Å². The molecule has 0 bridgehead atoms. The third-order valence-electron chi connectivity index (χ3n) is 2.74. The van der Waals surface area contributed by atoms with Gasteiger partial charge in [-0.05, 0) is 6.07 Å². The first-order valence-corrected chi connectivity index (χ1v) is 5.09. The summed E-state index contributed by atoms with van der Waals surface area (Å²) in [5.41, 5.74) is 10.4. The number of anilines is 1. The fraction of sp³-hybridized carbons (Fsp3) is 0.556. The van der Waals surface area contributed by atoms with E-state index < -0.39 is 30.2 Å². The summed E-state index contributed by atoms with van der Waals surface area (Å²) in [5, 5.41) is 18.8. The Kier molecular flexibility index (Phi) is 3.11. The first kappa shape index (κ1) is 12.0. The van der Waals surface area contributed by atoms with E-state index in [4.69, 9.17) is 21.3 Å². The Morgan fingerprint density at radius 2 is 2.29 bits per heavy atom.